The largest absolute Gasteiger partial charge is 0.373 e. The number of carbonyl (C=O) groups excluding carboxylic acids is 1. The highest BCUT2D eigenvalue weighted by atomic mass is 32.2. The van der Waals surface area contributed by atoms with Gasteiger partial charge in [0.05, 0.1) is 6.10 Å². The average molecular weight is 348 g/mol. The predicted molar refractivity (Wildman–Crippen MR) is 96.3 cm³/mol. The summed E-state index contributed by atoms with van der Waals surface area (Å²) in [7, 11) is 0. The molecule has 2 aromatic rings. The molecule has 0 aliphatic carbocycles. The molecular weight excluding hydrogens is 326 g/mol. The van der Waals surface area contributed by atoms with Gasteiger partial charge in [-0.15, -0.1) is 23.1 Å². The lowest BCUT2D eigenvalue weighted by Gasteiger charge is -2.32. The molecule has 3 rings (SSSR count). The van der Waals surface area contributed by atoms with Crippen molar-refractivity contribution in [2.75, 3.05) is 19.4 Å². The SMILES string of the molecule is CSc1ccsc1C(=O)NC[C@H]1CCCO[C@H]1c1ccccc1. The number of hydrogen-bond acceptors (Lipinski definition) is 4. The van der Waals surface area contributed by atoms with Crippen molar-refractivity contribution in [3.63, 3.8) is 0 Å². The van der Waals surface area contributed by atoms with Crippen molar-refractivity contribution in [1.82, 2.24) is 5.32 Å². The van der Waals surface area contributed by atoms with Crippen LogP contribution in [0.1, 0.15) is 34.2 Å². The Morgan fingerprint density at radius 3 is 2.96 bits per heavy atom. The van der Waals surface area contributed by atoms with E-state index >= 15 is 0 Å². The Bertz CT molecular complexity index is 641. The Morgan fingerprint density at radius 1 is 1.35 bits per heavy atom. The maximum atomic E-state index is 12.4. The number of amides is 1. The summed E-state index contributed by atoms with van der Waals surface area (Å²) in [6, 6.07) is 12.3. The number of benzene rings is 1. The molecule has 0 spiro atoms. The van der Waals surface area contributed by atoms with Crippen LogP contribution in [0.2, 0.25) is 0 Å². The topological polar surface area (TPSA) is 38.3 Å². The lowest BCUT2D eigenvalue weighted by atomic mass is 9.89. The molecule has 1 N–H and O–H groups in total. The molecule has 0 unspecified atom stereocenters. The second-order valence-corrected chi connectivity index (χ2v) is 7.40. The maximum absolute atomic E-state index is 12.4. The summed E-state index contributed by atoms with van der Waals surface area (Å²) < 4.78 is 5.99. The van der Waals surface area contributed by atoms with Crippen molar-refractivity contribution in [1.29, 1.82) is 0 Å². The molecule has 1 amide bonds. The molecule has 1 aliphatic rings. The summed E-state index contributed by atoms with van der Waals surface area (Å²) in [5.74, 6) is 0.356. The van der Waals surface area contributed by atoms with Gasteiger partial charge in [-0.2, -0.15) is 0 Å². The number of rotatable bonds is 5. The molecule has 2 atom stereocenters. The fraction of sp³-hybridized carbons (Fsp3) is 0.389. The van der Waals surface area contributed by atoms with Crippen molar-refractivity contribution in [2.24, 2.45) is 5.92 Å². The highest BCUT2D eigenvalue weighted by Gasteiger charge is 2.28. The van der Waals surface area contributed by atoms with Crippen molar-refractivity contribution < 1.29 is 9.53 Å². The fourth-order valence-corrected chi connectivity index (χ4v) is 4.66. The fourth-order valence-electron chi connectivity index (χ4n) is 2.99. The quantitative estimate of drug-likeness (QED) is 0.816. The molecule has 0 radical (unpaired) electrons. The Hall–Kier alpha value is -1.30. The molecule has 1 aromatic heterocycles. The Morgan fingerprint density at radius 2 is 2.17 bits per heavy atom. The van der Waals surface area contributed by atoms with Crippen LogP contribution in [0.3, 0.4) is 0 Å². The summed E-state index contributed by atoms with van der Waals surface area (Å²) in [6.45, 7) is 1.45. The number of ether oxygens (including phenoxy) is 1. The summed E-state index contributed by atoms with van der Waals surface area (Å²) in [5, 5.41) is 5.08. The highest BCUT2D eigenvalue weighted by Crippen LogP contribution is 2.33. The van der Waals surface area contributed by atoms with Gasteiger partial charge in [0.25, 0.3) is 5.91 Å². The van der Waals surface area contributed by atoms with Crippen molar-refractivity contribution in [2.45, 2.75) is 23.8 Å². The Labute approximate surface area is 145 Å². The standard InChI is InChI=1S/C18H21NO2S2/c1-22-15-9-11-23-17(15)18(20)19-12-14-8-5-10-21-16(14)13-6-3-2-4-7-13/h2-4,6-7,9,11,14,16H,5,8,10,12H2,1H3,(H,19,20)/t14-,16+/m1/s1. The zero-order chi connectivity index (χ0) is 16.1. The van der Waals surface area contributed by atoms with E-state index < -0.39 is 0 Å². The highest BCUT2D eigenvalue weighted by molar-refractivity contribution is 7.98. The van der Waals surface area contributed by atoms with Gasteiger partial charge in [-0.3, -0.25) is 4.79 Å². The zero-order valence-corrected chi connectivity index (χ0v) is 14.8. The average Bonchev–Trinajstić information content (AvgIpc) is 3.09. The van der Waals surface area contributed by atoms with Crippen LogP contribution >= 0.6 is 23.1 Å². The second-order valence-electron chi connectivity index (χ2n) is 5.63. The van der Waals surface area contributed by atoms with Crippen molar-refractivity contribution in [3.8, 4) is 0 Å². The van der Waals surface area contributed by atoms with E-state index in [-0.39, 0.29) is 12.0 Å². The smallest absolute Gasteiger partial charge is 0.262 e. The Kier molecular flexibility index (Phi) is 5.75. The van der Waals surface area contributed by atoms with Gasteiger partial charge in [0, 0.05) is 24.0 Å². The summed E-state index contributed by atoms with van der Waals surface area (Å²) >= 11 is 3.12. The number of nitrogens with one attached hydrogen (secondary N) is 1. The van der Waals surface area contributed by atoms with Crippen LogP contribution in [-0.2, 0) is 4.74 Å². The third-order valence-electron chi connectivity index (χ3n) is 4.15. The van der Waals surface area contributed by atoms with E-state index in [2.05, 4.69) is 17.4 Å². The van der Waals surface area contributed by atoms with Crippen LogP contribution in [0, 0.1) is 5.92 Å². The van der Waals surface area contributed by atoms with Crippen molar-refractivity contribution >= 4 is 29.0 Å². The molecule has 1 aromatic carbocycles. The molecule has 1 aliphatic heterocycles. The minimum Gasteiger partial charge on any atom is -0.373 e. The first-order valence-corrected chi connectivity index (χ1v) is 9.96. The van der Waals surface area contributed by atoms with Crippen LogP contribution in [-0.4, -0.2) is 25.3 Å². The molecule has 1 saturated heterocycles. The second kappa shape index (κ2) is 7.99. The number of carbonyl (C=O) groups is 1. The normalized spacial score (nSPS) is 21.1. The maximum Gasteiger partial charge on any atom is 0.262 e. The van der Waals surface area contributed by atoms with Crippen LogP contribution in [0.15, 0.2) is 46.7 Å². The van der Waals surface area contributed by atoms with Gasteiger partial charge in [0.2, 0.25) is 0 Å². The van der Waals surface area contributed by atoms with Gasteiger partial charge in [0.1, 0.15) is 4.88 Å². The monoisotopic (exact) mass is 347 g/mol. The first-order valence-electron chi connectivity index (χ1n) is 7.86. The van der Waals surface area contributed by atoms with Gasteiger partial charge >= 0.3 is 0 Å². The van der Waals surface area contributed by atoms with Gasteiger partial charge in [-0.1, -0.05) is 30.3 Å². The van der Waals surface area contributed by atoms with Crippen LogP contribution in [0.5, 0.6) is 0 Å². The van der Waals surface area contributed by atoms with Gasteiger partial charge in [-0.25, -0.2) is 0 Å². The number of hydrogen-bond donors (Lipinski definition) is 1. The molecule has 0 bridgehead atoms. The summed E-state index contributed by atoms with van der Waals surface area (Å²) in [4.78, 5) is 14.3. The van der Waals surface area contributed by atoms with Gasteiger partial charge in [0.15, 0.2) is 0 Å². The minimum atomic E-state index is 0.0294. The van der Waals surface area contributed by atoms with E-state index in [1.165, 1.54) is 16.9 Å². The van der Waals surface area contributed by atoms with E-state index in [0.29, 0.717) is 12.5 Å². The molecule has 1 fully saturated rings. The third kappa shape index (κ3) is 3.97. The first kappa shape index (κ1) is 16.6. The van der Waals surface area contributed by atoms with Gasteiger partial charge < -0.3 is 10.1 Å². The van der Waals surface area contributed by atoms with E-state index in [1.807, 2.05) is 35.9 Å². The minimum absolute atomic E-state index is 0.0294. The van der Waals surface area contributed by atoms with E-state index in [0.717, 1.165) is 29.2 Å². The molecule has 122 valence electrons. The first-order chi connectivity index (χ1) is 11.3. The van der Waals surface area contributed by atoms with Crippen molar-refractivity contribution in [3.05, 3.63) is 52.2 Å². The van der Waals surface area contributed by atoms with Crippen LogP contribution in [0.4, 0.5) is 0 Å². The molecule has 23 heavy (non-hydrogen) atoms. The summed E-state index contributed by atoms with van der Waals surface area (Å²) in [6.07, 6.45) is 4.21. The van der Waals surface area contributed by atoms with Gasteiger partial charge in [-0.05, 0) is 36.1 Å². The summed E-state index contributed by atoms with van der Waals surface area (Å²) in [5.41, 5.74) is 1.20. The lowest BCUT2D eigenvalue weighted by Crippen LogP contribution is -2.35. The lowest BCUT2D eigenvalue weighted by molar-refractivity contribution is -0.0272. The number of thiophene rings is 1. The van der Waals surface area contributed by atoms with E-state index in [1.54, 1.807) is 11.8 Å². The zero-order valence-electron chi connectivity index (χ0n) is 13.2. The predicted octanol–water partition coefficient (Wildman–Crippen LogP) is 4.37. The third-order valence-corrected chi connectivity index (χ3v) is 5.98. The van der Waals surface area contributed by atoms with E-state index in [4.69, 9.17) is 4.74 Å². The van der Waals surface area contributed by atoms with E-state index in [9.17, 15) is 4.79 Å². The molecule has 0 saturated carbocycles. The molecule has 5 heteroatoms. The van der Waals surface area contributed by atoms with Crippen LogP contribution in [0.25, 0.3) is 0 Å². The molecule has 2 heterocycles. The molecule has 3 nitrogen and oxygen atoms in total. The number of thioether (sulfide) groups is 1. The molecular formula is C18H21NO2S2. The van der Waals surface area contributed by atoms with Crippen LogP contribution < -0.4 is 5.32 Å². The Balaban J connectivity index is 1.65.